The molecule has 0 spiro atoms. The second kappa shape index (κ2) is 13.0. The first-order valence-corrected chi connectivity index (χ1v) is 11.3. The Morgan fingerprint density at radius 3 is 1.69 bits per heavy atom. The first kappa shape index (κ1) is 26.3. The predicted octanol–water partition coefficient (Wildman–Crippen LogP) is 2.94. The maximum absolute atomic E-state index is 12.0. The third kappa shape index (κ3) is 8.17. The lowest BCUT2D eigenvalue weighted by atomic mass is 9.98. The van der Waals surface area contributed by atoms with Gasteiger partial charge in [0.2, 0.25) is 6.29 Å². The molecule has 0 N–H and O–H groups in total. The van der Waals surface area contributed by atoms with Crippen molar-refractivity contribution in [1.82, 2.24) is 0 Å². The Kier molecular flexibility index (Phi) is 9.77. The van der Waals surface area contributed by atoms with Crippen LogP contribution >= 0.6 is 0 Å². The van der Waals surface area contributed by atoms with Gasteiger partial charge in [-0.2, -0.15) is 0 Å². The van der Waals surface area contributed by atoms with Crippen molar-refractivity contribution in [1.29, 1.82) is 0 Å². The van der Waals surface area contributed by atoms with E-state index in [9.17, 15) is 14.4 Å². The third-order valence-corrected chi connectivity index (χ3v) is 5.20. The van der Waals surface area contributed by atoms with Crippen LogP contribution in [0.25, 0.3) is 0 Å². The van der Waals surface area contributed by atoms with Crippen LogP contribution in [0.3, 0.4) is 0 Å². The average molecular weight is 487 g/mol. The normalized spacial score (nSPS) is 23.8. The average Bonchev–Trinajstić information content (AvgIpc) is 2.82. The van der Waals surface area contributed by atoms with Gasteiger partial charge >= 0.3 is 17.9 Å². The van der Waals surface area contributed by atoms with Crippen molar-refractivity contribution in [2.45, 2.75) is 64.7 Å². The van der Waals surface area contributed by atoms with E-state index in [0.29, 0.717) is 0 Å². The van der Waals surface area contributed by atoms with Gasteiger partial charge in [-0.25, -0.2) is 0 Å². The zero-order chi connectivity index (χ0) is 25.2. The van der Waals surface area contributed by atoms with Crippen LogP contribution in [0.1, 0.15) is 31.9 Å². The van der Waals surface area contributed by atoms with E-state index in [1.165, 1.54) is 20.8 Å². The van der Waals surface area contributed by atoms with Crippen molar-refractivity contribution in [3.8, 4) is 0 Å². The van der Waals surface area contributed by atoms with Gasteiger partial charge in [0, 0.05) is 20.8 Å². The molecule has 1 aliphatic heterocycles. The van der Waals surface area contributed by atoms with Gasteiger partial charge in [0.1, 0.15) is 24.9 Å². The number of carbonyl (C=O) groups is 3. The van der Waals surface area contributed by atoms with Crippen molar-refractivity contribution in [2.75, 3.05) is 6.61 Å². The Morgan fingerprint density at radius 2 is 1.20 bits per heavy atom. The monoisotopic (exact) mass is 486 g/mol. The van der Waals surface area contributed by atoms with Crippen LogP contribution in [0.4, 0.5) is 0 Å². The summed E-state index contributed by atoms with van der Waals surface area (Å²) in [7, 11) is 0. The maximum atomic E-state index is 12.0. The molecule has 1 saturated heterocycles. The summed E-state index contributed by atoms with van der Waals surface area (Å²) in [4.78, 5) is 35.3. The summed E-state index contributed by atoms with van der Waals surface area (Å²) >= 11 is 0. The smallest absolute Gasteiger partial charge is 0.305 e. The van der Waals surface area contributed by atoms with E-state index in [2.05, 4.69) is 0 Å². The van der Waals surface area contributed by atoms with Gasteiger partial charge in [0.15, 0.2) is 6.10 Å². The quantitative estimate of drug-likeness (QED) is 0.370. The minimum absolute atomic E-state index is 0.168. The largest absolute Gasteiger partial charge is 0.463 e. The first-order chi connectivity index (χ1) is 16.8. The molecule has 1 heterocycles. The Balaban J connectivity index is 1.92. The molecule has 0 saturated carbocycles. The summed E-state index contributed by atoms with van der Waals surface area (Å²) in [6, 6.07) is 18.9. The number of esters is 3. The highest BCUT2D eigenvalue weighted by atomic mass is 16.7. The molecule has 0 amide bonds. The van der Waals surface area contributed by atoms with E-state index in [1.54, 1.807) is 0 Å². The van der Waals surface area contributed by atoms with Gasteiger partial charge < -0.3 is 28.4 Å². The number of carbonyl (C=O) groups excluding carboxylic acids is 3. The molecule has 9 nitrogen and oxygen atoms in total. The Morgan fingerprint density at radius 1 is 0.686 bits per heavy atom. The minimum atomic E-state index is -1.28. The lowest BCUT2D eigenvalue weighted by Gasteiger charge is -2.44. The van der Waals surface area contributed by atoms with Crippen molar-refractivity contribution in [2.24, 2.45) is 0 Å². The molecule has 9 heteroatoms. The lowest BCUT2D eigenvalue weighted by molar-refractivity contribution is -0.311. The number of benzene rings is 2. The predicted molar refractivity (Wildman–Crippen MR) is 123 cm³/mol. The van der Waals surface area contributed by atoms with E-state index in [1.807, 2.05) is 60.7 Å². The highest BCUT2D eigenvalue weighted by molar-refractivity contribution is 5.67. The summed E-state index contributed by atoms with van der Waals surface area (Å²) in [6.07, 6.45) is -4.99. The summed E-state index contributed by atoms with van der Waals surface area (Å²) in [5.41, 5.74) is 1.77. The molecular weight excluding hydrogens is 456 g/mol. The Hall–Kier alpha value is -3.27. The number of ether oxygens (including phenoxy) is 6. The molecule has 35 heavy (non-hydrogen) atoms. The number of rotatable bonds is 10. The van der Waals surface area contributed by atoms with E-state index < -0.39 is 48.6 Å². The molecule has 0 bridgehead atoms. The molecule has 1 aliphatic rings. The fourth-order valence-electron chi connectivity index (χ4n) is 3.71. The molecule has 0 unspecified atom stereocenters. The van der Waals surface area contributed by atoms with E-state index >= 15 is 0 Å². The molecule has 2 aromatic carbocycles. The molecule has 2 aromatic rings. The fraction of sp³-hybridized carbons (Fsp3) is 0.423. The molecule has 0 aliphatic carbocycles. The third-order valence-electron chi connectivity index (χ3n) is 5.20. The molecular formula is C26H30O9. The zero-order valence-electron chi connectivity index (χ0n) is 20.0. The lowest BCUT2D eigenvalue weighted by Crippen LogP contribution is -2.62. The van der Waals surface area contributed by atoms with Crippen molar-refractivity contribution >= 4 is 17.9 Å². The first-order valence-electron chi connectivity index (χ1n) is 11.3. The van der Waals surface area contributed by atoms with Crippen LogP contribution in [0.15, 0.2) is 60.7 Å². The topological polar surface area (TPSA) is 107 Å². The van der Waals surface area contributed by atoms with Gasteiger partial charge in [0.25, 0.3) is 0 Å². The highest BCUT2D eigenvalue weighted by Crippen LogP contribution is 2.31. The number of hydrogen-bond acceptors (Lipinski definition) is 9. The van der Waals surface area contributed by atoms with E-state index in [-0.39, 0.29) is 19.8 Å². The van der Waals surface area contributed by atoms with Crippen molar-refractivity contribution in [3.63, 3.8) is 0 Å². The SMILES string of the molecule is CC(=O)OC[C@H]1O[C@H](OC(C)=O)[C@@H](OC(C)=O)[C@@H](OCc2ccccc2)[C@@H]1OCc1ccccc1. The van der Waals surface area contributed by atoms with Gasteiger partial charge in [-0.1, -0.05) is 60.7 Å². The molecule has 188 valence electrons. The highest BCUT2D eigenvalue weighted by Gasteiger charge is 2.51. The van der Waals surface area contributed by atoms with Gasteiger partial charge in [0.05, 0.1) is 13.2 Å². The van der Waals surface area contributed by atoms with Crippen molar-refractivity contribution < 1.29 is 42.8 Å². The summed E-state index contributed by atoms with van der Waals surface area (Å²) < 4.78 is 34.4. The van der Waals surface area contributed by atoms with Gasteiger partial charge in [-0.3, -0.25) is 14.4 Å². The molecule has 3 rings (SSSR count). The van der Waals surface area contributed by atoms with Crippen LogP contribution in [0.5, 0.6) is 0 Å². The minimum Gasteiger partial charge on any atom is -0.463 e. The molecule has 1 fully saturated rings. The standard InChI is InChI=1S/C26H30O9/c1-17(27)30-16-22-23(31-14-20-10-6-4-7-11-20)24(32-15-21-12-8-5-9-13-21)25(33-18(2)28)26(35-22)34-19(3)29/h4-13,22-26H,14-16H2,1-3H3/t22-,23-,24+,25+,26+/m1/s1. The van der Waals surface area contributed by atoms with E-state index in [0.717, 1.165) is 11.1 Å². The van der Waals surface area contributed by atoms with Gasteiger partial charge in [-0.15, -0.1) is 0 Å². The van der Waals surface area contributed by atoms with E-state index in [4.69, 9.17) is 28.4 Å². The second-order valence-electron chi connectivity index (χ2n) is 8.05. The molecule has 0 radical (unpaired) electrons. The maximum Gasteiger partial charge on any atom is 0.305 e. The van der Waals surface area contributed by atoms with Crippen LogP contribution in [-0.4, -0.2) is 55.2 Å². The van der Waals surface area contributed by atoms with Crippen LogP contribution < -0.4 is 0 Å². The fourth-order valence-corrected chi connectivity index (χ4v) is 3.71. The zero-order valence-corrected chi connectivity index (χ0v) is 20.0. The van der Waals surface area contributed by atoms with Gasteiger partial charge in [-0.05, 0) is 11.1 Å². The van der Waals surface area contributed by atoms with Crippen molar-refractivity contribution in [3.05, 3.63) is 71.8 Å². The summed E-state index contributed by atoms with van der Waals surface area (Å²) in [5, 5.41) is 0. The molecule has 5 atom stereocenters. The summed E-state index contributed by atoms with van der Waals surface area (Å²) in [5.74, 6) is -1.75. The Bertz CT molecular complexity index is 963. The van der Waals surface area contributed by atoms with Crippen LogP contribution in [0, 0.1) is 0 Å². The van der Waals surface area contributed by atoms with Crippen LogP contribution in [0.2, 0.25) is 0 Å². The summed E-state index contributed by atoms with van der Waals surface area (Å²) in [6.45, 7) is 3.92. The number of hydrogen-bond donors (Lipinski definition) is 0. The second-order valence-corrected chi connectivity index (χ2v) is 8.05. The Labute approximate surface area is 204 Å². The molecule has 0 aromatic heterocycles. The van der Waals surface area contributed by atoms with Crippen LogP contribution in [-0.2, 0) is 56.0 Å².